The van der Waals surface area contributed by atoms with Crippen molar-refractivity contribution in [3.05, 3.63) is 309 Å². The van der Waals surface area contributed by atoms with Crippen LogP contribution in [0, 0.1) is 32.0 Å². The molecule has 0 N–H and O–H groups in total. The number of hydrogen-bond acceptors (Lipinski definition) is 3. The zero-order chi connectivity index (χ0) is 53.8. The Kier molecular flexibility index (Phi) is 15.0. The van der Waals surface area contributed by atoms with Crippen molar-refractivity contribution < 1.29 is 20.1 Å². The quantitative estimate of drug-likeness (QED) is 0.114. The second-order valence-corrected chi connectivity index (χ2v) is 20.3. The fraction of sp³-hybridized carbons (Fsp3) is 0.0260. The molecule has 384 valence electrons. The average molecular weight is 1210 g/mol. The van der Waals surface area contributed by atoms with Gasteiger partial charge < -0.3 is 15.0 Å². The normalized spacial score (nSPS) is 11.0. The predicted molar refractivity (Wildman–Crippen MR) is 331 cm³/mol. The van der Waals surface area contributed by atoms with Crippen LogP contribution in [0.2, 0.25) is 0 Å². The summed E-state index contributed by atoms with van der Waals surface area (Å²) in [6, 6.07) is 104. The van der Waals surface area contributed by atoms with Crippen LogP contribution in [0.15, 0.2) is 279 Å². The fourth-order valence-corrected chi connectivity index (χ4v) is 11.1. The second kappa shape index (κ2) is 23.3. The van der Waals surface area contributed by atoms with Crippen LogP contribution in [-0.2, 0) is 20.1 Å². The Morgan fingerprint density at radius 2 is 0.667 bits per heavy atom. The standard InChI is InChI=1S/C77H52N3.Ir/c1-52-44-53(2)46-63(45-52)61-40-43-80-77(51-61)62-38-39-73(74(50-62)58-28-26-55(27-29-58)54-16-4-3-5-17-54)72-23-11-10-22-71(72)66-48-64(69-20-8-6-18-67(69)56-30-34-59(35-31-56)75-24-12-14-41-78-75)47-65(49-66)70-21-9-7-19-68(70)57-32-36-60(37-33-57)76-25-13-15-42-79-76;/h3-34,36,39-51H,1-2H3;/q-3;+3. The predicted octanol–water partition coefficient (Wildman–Crippen LogP) is 19.9. The van der Waals surface area contributed by atoms with Gasteiger partial charge in [-0.2, -0.15) is 0 Å². The zero-order valence-electron chi connectivity index (χ0n) is 44.7. The molecule has 0 aliphatic rings. The molecule has 3 aromatic heterocycles. The zero-order valence-corrected chi connectivity index (χ0v) is 47.1. The summed E-state index contributed by atoms with van der Waals surface area (Å²) in [5.41, 5.74) is 27.9. The van der Waals surface area contributed by atoms with Crippen LogP contribution in [0.1, 0.15) is 11.1 Å². The number of benzene rings is 10. The van der Waals surface area contributed by atoms with E-state index in [0.717, 1.165) is 123 Å². The molecule has 0 spiro atoms. The topological polar surface area (TPSA) is 38.7 Å². The molecule has 0 aliphatic carbocycles. The average Bonchev–Trinajstić information content (AvgIpc) is 3.56. The van der Waals surface area contributed by atoms with Gasteiger partial charge in [0.25, 0.3) is 0 Å². The molecule has 0 radical (unpaired) electrons. The van der Waals surface area contributed by atoms with Crippen molar-refractivity contribution in [1.29, 1.82) is 0 Å². The van der Waals surface area contributed by atoms with E-state index >= 15 is 0 Å². The molecule has 0 aliphatic heterocycles. The van der Waals surface area contributed by atoms with E-state index in [-0.39, 0.29) is 20.1 Å². The van der Waals surface area contributed by atoms with Crippen molar-refractivity contribution in [1.82, 2.24) is 15.0 Å². The van der Waals surface area contributed by atoms with Crippen molar-refractivity contribution in [2.45, 2.75) is 13.8 Å². The van der Waals surface area contributed by atoms with Crippen LogP contribution >= 0.6 is 0 Å². The third kappa shape index (κ3) is 11.0. The van der Waals surface area contributed by atoms with Gasteiger partial charge in [-0.3, -0.25) is 0 Å². The van der Waals surface area contributed by atoms with Crippen molar-refractivity contribution in [3.63, 3.8) is 0 Å². The first-order valence-electron chi connectivity index (χ1n) is 27.0. The minimum absolute atomic E-state index is 0. The largest absolute Gasteiger partial charge is 3.00 e. The van der Waals surface area contributed by atoms with Gasteiger partial charge in [-0.25, -0.2) is 0 Å². The van der Waals surface area contributed by atoms with E-state index in [1.165, 1.54) is 22.3 Å². The Hall–Kier alpha value is -9.70. The maximum atomic E-state index is 4.97. The molecular formula is C77H52IrN3. The van der Waals surface area contributed by atoms with Crippen molar-refractivity contribution in [3.8, 4) is 134 Å². The summed E-state index contributed by atoms with van der Waals surface area (Å²) in [5.74, 6) is 0. The SMILES string of the molecule is Cc1cc(C)cc(-c2ccnc(-c3[c-]cc(-c4ccccc4-c4cc(-c5ccccc5-c5c[c-]c(-c6ccccn6)cc5)cc(-c5ccccc5-c5c[c-]c(-c6ccccn6)cc5)c4)c(-c4ccc(-c5ccccc5)cc4)c3)c2)c1.[Ir+3]. The molecule has 0 bridgehead atoms. The molecule has 0 saturated heterocycles. The van der Waals surface area contributed by atoms with Gasteiger partial charge in [0.2, 0.25) is 0 Å². The number of rotatable bonds is 12. The van der Waals surface area contributed by atoms with Gasteiger partial charge in [-0.15, -0.1) is 83.4 Å². The first kappa shape index (κ1) is 52.0. The van der Waals surface area contributed by atoms with Gasteiger partial charge in [-0.1, -0.05) is 226 Å². The third-order valence-electron chi connectivity index (χ3n) is 14.9. The van der Waals surface area contributed by atoms with E-state index < -0.39 is 0 Å². The fourth-order valence-electron chi connectivity index (χ4n) is 11.1. The molecule has 0 saturated carbocycles. The summed E-state index contributed by atoms with van der Waals surface area (Å²) >= 11 is 0. The van der Waals surface area contributed by atoms with Gasteiger partial charge in [0.15, 0.2) is 0 Å². The molecule has 4 heteroatoms. The maximum absolute atomic E-state index is 4.97. The molecule has 0 atom stereocenters. The van der Waals surface area contributed by atoms with Crippen molar-refractivity contribution in [2.75, 3.05) is 0 Å². The Balaban J connectivity index is 0.00000651. The van der Waals surface area contributed by atoms with Gasteiger partial charge in [0.1, 0.15) is 0 Å². The Morgan fingerprint density at radius 3 is 1.17 bits per heavy atom. The summed E-state index contributed by atoms with van der Waals surface area (Å²) in [5, 5.41) is 0. The number of aromatic nitrogens is 3. The van der Waals surface area contributed by atoms with Crippen LogP contribution in [0.3, 0.4) is 0 Å². The molecule has 13 aromatic rings. The summed E-state index contributed by atoms with van der Waals surface area (Å²) in [6.45, 7) is 4.30. The smallest absolute Gasteiger partial charge is 0.305 e. The molecular weight excluding hydrogens is 1160 g/mol. The van der Waals surface area contributed by atoms with Gasteiger partial charge >= 0.3 is 20.1 Å². The van der Waals surface area contributed by atoms with E-state index in [9.17, 15) is 0 Å². The van der Waals surface area contributed by atoms with Gasteiger partial charge in [0, 0.05) is 18.6 Å². The molecule has 81 heavy (non-hydrogen) atoms. The van der Waals surface area contributed by atoms with E-state index in [1.807, 2.05) is 55.0 Å². The Bertz CT molecular complexity index is 4160. The minimum atomic E-state index is 0. The summed E-state index contributed by atoms with van der Waals surface area (Å²) in [6.07, 6.45) is 5.56. The first-order chi connectivity index (χ1) is 39.5. The molecule has 3 nitrogen and oxygen atoms in total. The Morgan fingerprint density at radius 1 is 0.235 bits per heavy atom. The van der Waals surface area contributed by atoms with Gasteiger partial charge in [-0.05, 0) is 129 Å². The second-order valence-electron chi connectivity index (χ2n) is 20.3. The minimum Gasteiger partial charge on any atom is -0.305 e. The number of hydrogen-bond donors (Lipinski definition) is 0. The molecule has 13 rings (SSSR count). The van der Waals surface area contributed by atoms with Crippen LogP contribution in [0.5, 0.6) is 0 Å². The van der Waals surface area contributed by atoms with E-state index in [2.05, 4.69) is 266 Å². The van der Waals surface area contributed by atoms with Crippen LogP contribution < -0.4 is 0 Å². The number of pyridine rings is 3. The molecule has 0 amide bonds. The van der Waals surface area contributed by atoms with Crippen molar-refractivity contribution >= 4 is 0 Å². The van der Waals surface area contributed by atoms with E-state index in [1.54, 1.807) is 0 Å². The monoisotopic (exact) mass is 1210 g/mol. The van der Waals surface area contributed by atoms with Crippen molar-refractivity contribution in [2.24, 2.45) is 0 Å². The van der Waals surface area contributed by atoms with E-state index in [4.69, 9.17) is 4.98 Å². The number of nitrogens with zero attached hydrogens (tertiary/aromatic N) is 3. The molecule has 10 aromatic carbocycles. The Labute approximate surface area is 488 Å². The van der Waals surface area contributed by atoms with Crippen LogP contribution in [0.4, 0.5) is 0 Å². The summed E-state index contributed by atoms with van der Waals surface area (Å²) < 4.78 is 0. The molecule has 0 unspecified atom stereocenters. The van der Waals surface area contributed by atoms with Crippen LogP contribution in [0.25, 0.3) is 134 Å². The molecule has 3 heterocycles. The number of aryl methyl sites for hydroxylation is 2. The first-order valence-corrected chi connectivity index (χ1v) is 27.0. The van der Waals surface area contributed by atoms with E-state index in [0.29, 0.717) is 0 Å². The summed E-state index contributed by atoms with van der Waals surface area (Å²) in [4.78, 5) is 14.2. The third-order valence-corrected chi connectivity index (χ3v) is 14.9. The maximum Gasteiger partial charge on any atom is 3.00 e. The molecule has 0 fully saturated rings. The summed E-state index contributed by atoms with van der Waals surface area (Å²) in [7, 11) is 0. The van der Waals surface area contributed by atoms with Crippen LogP contribution in [-0.4, -0.2) is 15.0 Å². The van der Waals surface area contributed by atoms with Gasteiger partial charge in [0.05, 0.1) is 0 Å².